The van der Waals surface area contributed by atoms with Crippen molar-refractivity contribution in [3.8, 4) is 0 Å². The molecule has 2 atom stereocenters. The zero-order chi connectivity index (χ0) is 33.3. The summed E-state index contributed by atoms with van der Waals surface area (Å²) in [5, 5.41) is 33.2. The second-order valence-electron chi connectivity index (χ2n) is 10.9. The van der Waals surface area contributed by atoms with Gasteiger partial charge in [0.15, 0.2) is 23.2 Å². The zero-order valence-electron chi connectivity index (χ0n) is 24.6. The Kier molecular flexibility index (Phi) is 9.17. The summed E-state index contributed by atoms with van der Waals surface area (Å²) in [4.78, 5) is 72.8. The van der Waals surface area contributed by atoms with E-state index >= 15 is 0 Å². The van der Waals surface area contributed by atoms with Crippen LogP contribution in [0.3, 0.4) is 0 Å². The van der Waals surface area contributed by atoms with Crippen LogP contribution in [0.5, 0.6) is 0 Å². The molecule has 21 heteroatoms. The van der Waals surface area contributed by atoms with Gasteiger partial charge < -0.3 is 47.3 Å². The first kappa shape index (κ1) is 32.6. The number of anilines is 3. The van der Waals surface area contributed by atoms with E-state index in [1.807, 2.05) is 4.68 Å². The lowest BCUT2D eigenvalue weighted by atomic mass is 10.0. The number of hydrogen-bond donors (Lipinski definition) is 6. The highest BCUT2D eigenvalue weighted by Gasteiger charge is 2.53. The smallest absolute Gasteiger partial charge is 0.350 e. The largest absolute Gasteiger partial charge is 0.543 e. The molecule has 2 aromatic rings. The lowest BCUT2D eigenvalue weighted by Crippen LogP contribution is -2.71. The van der Waals surface area contributed by atoms with Crippen molar-refractivity contribution in [3.05, 3.63) is 23.3 Å². The number of hydrogen-bond acceptors (Lipinski definition) is 15. The van der Waals surface area contributed by atoms with Gasteiger partial charge in [0.1, 0.15) is 11.4 Å². The number of aromatic nitrogens is 4. The van der Waals surface area contributed by atoms with Gasteiger partial charge in [-0.2, -0.15) is 9.36 Å². The molecule has 1 saturated heterocycles. The Morgan fingerprint density at radius 3 is 2.76 bits per heavy atom. The molecule has 0 aliphatic carbocycles. The highest BCUT2D eigenvalue weighted by molar-refractivity contribution is 8.00. The maximum atomic E-state index is 13.3. The normalized spacial score (nSPS) is 19.4. The number of nitrogens with zero attached hydrogens (tertiary/aromatic N) is 6. The number of carboxylic acid groups (broad SMARTS) is 2. The van der Waals surface area contributed by atoms with E-state index in [1.54, 1.807) is 10.9 Å². The van der Waals surface area contributed by atoms with Crippen molar-refractivity contribution >= 4 is 75.3 Å². The van der Waals surface area contributed by atoms with Crippen LogP contribution in [0.4, 0.5) is 16.6 Å². The molecule has 19 nitrogen and oxygen atoms in total. The fourth-order valence-corrected chi connectivity index (χ4v) is 6.66. The van der Waals surface area contributed by atoms with Crippen molar-refractivity contribution in [2.24, 2.45) is 10.9 Å². The third kappa shape index (κ3) is 6.33. The first-order valence-corrected chi connectivity index (χ1v) is 15.8. The average Bonchev–Trinajstić information content (AvgIpc) is 3.58. The second kappa shape index (κ2) is 12.9. The quantitative estimate of drug-likeness (QED) is 0.0566. The summed E-state index contributed by atoms with van der Waals surface area (Å²) in [6.07, 6.45) is 2.61. The number of amides is 3. The summed E-state index contributed by atoms with van der Waals surface area (Å²) in [6.45, 7) is 3.98. The molecule has 0 saturated carbocycles. The van der Waals surface area contributed by atoms with Crippen LogP contribution in [0.2, 0.25) is 0 Å². The average molecular weight is 678 g/mol. The van der Waals surface area contributed by atoms with Gasteiger partial charge in [-0.05, 0) is 20.3 Å². The van der Waals surface area contributed by atoms with Crippen LogP contribution in [-0.2, 0) is 41.9 Å². The van der Waals surface area contributed by atoms with Crippen LogP contribution in [-0.4, -0.2) is 95.3 Å². The van der Waals surface area contributed by atoms with Gasteiger partial charge in [0.25, 0.3) is 11.8 Å². The van der Waals surface area contributed by atoms with Crippen molar-refractivity contribution in [3.63, 3.8) is 0 Å². The Balaban J connectivity index is 1.37. The van der Waals surface area contributed by atoms with E-state index in [0.717, 1.165) is 22.9 Å². The zero-order valence-corrected chi connectivity index (χ0v) is 26.3. The number of carbonyl (C=O) groups excluding carboxylic acids is 4. The van der Waals surface area contributed by atoms with Crippen molar-refractivity contribution < 1.29 is 43.7 Å². The lowest BCUT2D eigenvalue weighted by Gasteiger charge is -2.50. The van der Waals surface area contributed by atoms with Crippen LogP contribution >= 0.6 is 23.3 Å². The Labute approximate surface area is 269 Å². The second-order valence-corrected chi connectivity index (χ2v) is 12.8. The maximum Gasteiger partial charge on any atom is 0.350 e. The number of fused-ring (bicyclic) bond motifs is 2. The molecule has 46 heavy (non-hydrogen) atoms. The molecular formula is C25H31N11O8S2. The molecule has 8 N–H and O–H groups in total. The number of nitrogen functional groups attached to an aromatic ring is 1. The number of carbonyl (C=O) groups is 5. The van der Waals surface area contributed by atoms with Gasteiger partial charge >= 0.3 is 5.97 Å². The first-order chi connectivity index (χ1) is 21.8. The monoisotopic (exact) mass is 677 g/mol. The number of nitrogens with one attached hydrogen (secondary N) is 3. The number of thioether (sulfide) groups is 1. The molecule has 0 radical (unpaired) electrons. The number of carboxylic acids is 2. The molecule has 3 aliphatic heterocycles. The highest BCUT2D eigenvalue weighted by Crippen LogP contribution is 2.40. The number of oxime groups is 1. The van der Waals surface area contributed by atoms with Crippen molar-refractivity contribution in [2.45, 2.75) is 56.8 Å². The summed E-state index contributed by atoms with van der Waals surface area (Å²) in [5.41, 5.74) is 9.40. The van der Waals surface area contributed by atoms with Gasteiger partial charge in [-0.1, -0.05) is 5.16 Å². The molecule has 2 aromatic heterocycles. The summed E-state index contributed by atoms with van der Waals surface area (Å²) >= 11 is 1.99. The molecule has 5 heterocycles. The number of aliphatic carboxylic acids is 2. The Bertz CT molecular complexity index is 1670. The molecule has 3 amide bonds. The molecule has 246 valence electrons. The molecule has 3 aliphatic rings. The minimum absolute atomic E-state index is 0.000886. The van der Waals surface area contributed by atoms with E-state index in [4.69, 9.17) is 16.3 Å². The standard InChI is InChI=1S/C25H31N11O8S2/c1-25(2,23(42)43)44-32-14(17-31-24(27)46-33-17)19(38)30-15-20(39)36-16(22(40)41)11(10-45-21(15)36)8-34-9-12(29-13(37)4-5-26)18-28-6-3-7-35(18)34/h9,15,21H,3-8,10,26H2,1-2H3,(H6,27,29,30,31,33,37,38,40,41,42,43)/b32-14-/t15-,21-/m1/s1. The van der Waals surface area contributed by atoms with Gasteiger partial charge in [0.2, 0.25) is 29.2 Å². The molecule has 5 rings (SSSR count). The van der Waals surface area contributed by atoms with Crippen molar-refractivity contribution in [2.75, 3.05) is 35.2 Å². The van der Waals surface area contributed by atoms with Crippen LogP contribution in [0, 0.1) is 0 Å². The van der Waals surface area contributed by atoms with Crippen LogP contribution in [0.15, 0.2) is 22.6 Å². The fraction of sp³-hybridized carbons (Fsp3) is 0.480. The number of rotatable bonds is 12. The SMILES string of the molecule is CC(C)(O/N=C(\C(=O)N[C@@H]1C(=O)N2C(C(=O)[O-])=C(C[n+]3cc(NC(=O)CCN)c4n3CCCN4)CS[C@H]12)c1nsc(N)n1)C(=O)O. The molecule has 0 spiro atoms. The van der Waals surface area contributed by atoms with Crippen molar-refractivity contribution in [1.82, 2.24) is 24.3 Å². The minimum atomic E-state index is -1.82. The van der Waals surface area contributed by atoms with Gasteiger partial charge in [0, 0.05) is 42.4 Å². The van der Waals surface area contributed by atoms with E-state index in [9.17, 15) is 34.2 Å². The first-order valence-electron chi connectivity index (χ1n) is 14.0. The molecule has 0 unspecified atom stereocenters. The summed E-state index contributed by atoms with van der Waals surface area (Å²) in [6, 6.07) is -1.16. The summed E-state index contributed by atoms with van der Waals surface area (Å²) in [7, 11) is 0. The van der Waals surface area contributed by atoms with E-state index < -0.39 is 46.5 Å². The van der Waals surface area contributed by atoms with Gasteiger partial charge in [0.05, 0.1) is 18.2 Å². The van der Waals surface area contributed by atoms with E-state index in [1.165, 1.54) is 25.6 Å². The van der Waals surface area contributed by atoms with Crippen LogP contribution in [0.1, 0.15) is 32.5 Å². The van der Waals surface area contributed by atoms with Gasteiger partial charge in [-0.15, -0.1) is 21.1 Å². The Morgan fingerprint density at radius 2 is 2.11 bits per heavy atom. The highest BCUT2D eigenvalue weighted by atomic mass is 32.2. The van der Waals surface area contributed by atoms with Crippen molar-refractivity contribution in [1.29, 1.82) is 0 Å². The third-order valence-electron chi connectivity index (χ3n) is 7.21. The lowest BCUT2D eigenvalue weighted by molar-refractivity contribution is -0.767. The molecule has 0 bridgehead atoms. The van der Waals surface area contributed by atoms with Gasteiger partial charge in [-0.3, -0.25) is 19.3 Å². The van der Waals surface area contributed by atoms with Crippen LogP contribution < -0.4 is 37.2 Å². The predicted octanol–water partition coefficient (Wildman–Crippen LogP) is -3.00. The number of β-lactam (4-membered cyclic amide) rings is 1. The van der Waals surface area contributed by atoms with Gasteiger partial charge in [-0.25, -0.2) is 4.79 Å². The maximum absolute atomic E-state index is 13.3. The third-order valence-corrected chi connectivity index (χ3v) is 9.10. The summed E-state index contributed by atoms with van der Waals surface area (Å²) in [5.74, 6) is -4.26. The molecular weight excluding hydrogens is 646 g/mol. The van der Waals surface area contributed by atoms with E-state index in [-0.39, 0.29) is 47.8 Å². The molecule has 1 fully saturated rings. The van der Waals surface area contributed by atoms with Crippen LogP contribution in [0.25, 0.3) is 0 Å². The summed E-state index contributed by atoms with van der Waals surface area (Å²) < 4.78 is 7.57. The minimum Gasteiger partial charge on any atom is -0.543 e. The fourth-order valence-electron chi connectivity index (χ4n) is 4.89. The Morgan fingerprint density at radius 1 is 1.35 bits per heavy atom. The van der Waals surface area contributed by atoms with E-state index in [0.29, 0.717) is 30.2 Å². The van der Waals surface area contributed by atoms with E-state index in [2.05, 4.69) is 30.5 Å². The predicted molar refractivity (Wildman–Crippen MR) is 161 cm³/mol. The topological polar surface area (TPSA) is 276 Å². The molecule has 0 aromatic carbocycles. The Hall–Kier alpha value is -4.76. The number of nitrogens with two attached hydrogens (primary N) is 2.